The Morgan fingerprint density at radius 2 is 1.83 bits per heavy atom. The van der Waals surface area contributed by atoms with Crippen molar-refractivity contribution in [2.45, 2.75) is 25.9 Å². The molecule has 4 rings (SSSR count). The summed E-state index contributed by atoms with van der Waals surface area (Å²) < 4.78 is 5.73. The molecule has 4 nitrogen and oxygen atoms in total. The summed E-state index contributed by atoms with van der Waals surface area (Å²) in [6.07, 6.45) is 2.36. The minimum absolute atomic E-state index is 0. The standard InChI is InChI=1S/C18H14O4.K/c19-16-3-1-2-10-7-15-13-5-4-11(18(20)21)6-12(13)9-22-17(15)8-14(10)16;/h4-8H,1-3,9H2,(H,20,21);/q;+1/p-1. The predicted molar refractivity (Wildman–Crippen MR) is 77.8 cm³/mol. The van der Waals surface area contributed by atoms with Gasteiger partial charge < -0.3 is 14.6 Å². The molecule has 2 aliphatic rings. The molecular weight excluding hydrogens is 319 g/mol. The first-order valence-electron chi connectivity index (χ1n) is 7.31. The molecule has 2 aromatic rings. The van der Waals surface area contributed by atoms with Crippen molar-refractivity contribution in [3.05, 3.63) is 52.6 Å². The summed E-state index contributed by atoms with van der Waals surface area (Å²) in [6.45, 7) is 0.302. The number of Topliss-reactive ketones (excluding diaryl/α,β-unsaturated/α-hetero) is 1. The van der Waals surface area contributed by atoms with Crippen molar-refractivity contribution in [2.75, 3.05) is 0 Å². The van der Waals surface area contributed by atoms with Gasteiger partial charge in [-0.3, -0.25) is 4.79 Å². The van der Waals surface area contributed by atoms with E-state index in [0.29, 0.717) is 18.8 Å². The van der Waals surface area contributed by atoms with E-state index < -0.39 is 5.97 Å². The van der Waals surface area contributed by atoms with E-state index in [1.54, 1.807) is 18.2 Å². The number of carbonyl (C=O) groups is 2. The van der Waals surface area contributed by atoms with Crippen LogP contribution in [0.5, 0.6) is 5.75 Å². The maximum Gasteiger partial charge on any atom is 1.00 e. The maximum atomic E-state index is 12.0. The fourth-order valence-corrected chi connectivity index (χ4v) is 3.25. The molecule has 0 aromatic heterocycles. The Bertz CT molecular complexity index is 826. The molecule has 110 valence electrons. The van der Waals surface area contributed by atoms with Gasteiger partial charge in [0.25, 0.3) is 0 Å². The van der Waals surface area contributed by atoms with Crippen molar-refractivity contribution in [1.82, 2.24) is 0 Å². The minimum Gasteiger partial charge on any atom is -0.545 e. The first-order valence-corrected chi connectivity index (χ1v) is 7.31. The summed E-state index contributed by atoms with van der Waals surface area (Å²) in [5.74, 6) is -0.321. The average Bonchev–Trinajstić information content (AvgIpc) is 2.53. The van der Waals surface area contributed by atoms with Crippen LogP contribution in [0.25, 0.3) is 11.1 Å². The number of hydrogen-bond acceptors (Lipinski definition) is 4. The number of ketones is 1. The molecule has 1 heterocycles. The second-order valence-corrected chi connectivity index (χ2v) is 5.73. The van der Waals surface area contributed by atoms with Gasteiger partial charge in [0.1, 0.15) is 12.4 Å². The number of benzene rings is 2. The molecule has 0 atom stereocenters. The zero-order valence-electron chi connectivity index (χ0n) is 12.8. The third-order valence-corrected chi connectivity index (χ3v) is 4.37. The Morgan fingerprint density at radius 1 is 1.00 bits per heavy atom. The number of fused-ring (bicyclic) bond motifs is 4. The zero-order valence-corrected chi connectivity index (χ0v) is 16.0. The first-order chi connectivity index (χ1) is 10.6. The van der Waals surface area contributed by atoms with Crippen LogP contribution in [-0.2, 0) is 13.0 Å². The third-order valence-electron chi connectivity index (χ3n) is 4.37. The van der Waals surface area contributed by atoms with Gasteiger partial charge in [-0.05, 0) is 53.3 Å². The maximum absolute atomic E-state index is 12.0. The van der Waals surface area contributed by atoms with Crippen LogP contribution < -0.4 is 61.2 Å². The minimum atomic E-state index is -1.19. The van der Waals surface area contributed by atoms with Crippen molar-refractivity contribution in [3.63, 3.8) is 0 Å². The molecule has 0 unspecified atom stereocenters. The predicted octanol–water partition coefficient (Wildman–Crippen LogP) is -0.867. The summed E-state index contributed by atoms with van der Waals surface area (Å²) in [5, 5.41) is 11.0. The molecule has 2 aromatic carbocycles. The van der Waals surface area contributed by atoms with Gasteiger partial charge >= 0.3 is 51.4 Å². The molecule has 0 N–H and O–H groups in total. The third kappa shape index (κ3) is 2.92. The van der Waals surface area contributed by atoms with Crippen LogP contribution >= 0.6 is 0 Å². The van der Waals surface area contributed by atoms with E-state index in [4.69, 9.17) is 4.74 Å². The largest absolute Gasteiger partial charge is 1.00 e. The van der Waals surface area contributed by atoms with Crippen molar-refractivity contribution in [3.8, 4) is 16.9 Å². The molecule has 5 heteroatoms. The van der Waals surface area contributed by atoms with Gasteiger partial charge in [-0.2, -0.15) is 0 Å². The van der Waals surface area contributed by atoms with E-state index in [1.165, 1.54) is 0 Å². The Balaban J connectivity index is 0.00000156. The number of ether oxygens (including phenoxy) is 1. The molecule has 0 saturated heterocycles. The molecule has 0 spiro atoms. The Kier molecular flexibility index (Phi) is 4.76. The van der Waals surface area contributed by atoms with Gasteiger partial charge in [-0.25, -0.2) is 0 Å². The molecule has 0 bridgehead atoms. The van der Waals surface area contributed by atoms with Crippen molar-refractivity contribution < 1.29 is 70.8 Å². The first kappa shape index (κ1) is 16.9. The van der Waals surface area contributed by atoms with Gasteiger partial charge in [0.2, 0.25) is 0 Å². The van der Waals surface area contributed by atoms with Gasteiger partial charge in [-0.1, -0.05) is 12.1 Å². The monoisotopic (exact) mass is 332 g/mol. The fourth-order valence-electron chi connectivity index (χ4n) is 3.25. The van der Waals surface area contributed by atoms with Crippen molar-refractivity contribution >= 4 is 11.8 Å². The number of aryl methyl sites for hydroxylation is 1. The molecule has 0 saturated carbocycles. The Morgan fingerprint density at radius 3 is 2.61 bits per heavy atom. The average molecular weight is 332 g/mol. The van der Waals surface area contributed by atoms with Crippen LogP contribution in [-0.4, -0.2) is 11.8 Å². The second kappa shape index (κ2) is 6.49. The fraction of sp³-hybridized carbons (Fsp3) is 0.222. The summed E-state index contributed by atoms with van der Waals surface area (Å²) in [7, 11) is 0. The molecule has 0 radical (unpaired) electrons. The zero-order chi connectivity index (χ0) is 15.3. The number of hydrogen-bond donors (Lipinski definition) is 0. The topological polar surface area (TPSA) is 66.4 Å². The SMILES string of the molecule is O=C([O-])c1ccc2c(c1)COc1cc3c(cc1-2)CCCC3=O.[K+]. The number of rotatable bonds is 1. The van der Waals surface area contributed by atoms with Gasteiger partial charge in [0.15, 0.2) is 5.78 Å². The van der Waals surface area contributed by atoms with Crippen LogP contribution in [0, 0.1) is 0 Å². The molecule has 1 aliphatic heterocycles. The van der Waals surface area contributed by atoms with Crippen molar-refractivity contribution in [1.29, 1.82) is 0 Å². The van der Waals surface area contributed by atoms with E-state index in [0.717, 1.165) is 40.7 Å². The molecule has 0 amide bonds. The van der Waals surface area contributed by atoms with E-state index in [2.05, 4.69) is 0 Å². The van der Waals surface area contributed by atoms with Gasteiger partial charge in [0.05, 0.1) is 5.97 Å². The van der Waals surface area contributed by atoms with Crippen molar-refractivity contribution in [2.24, 2.45) is 0 Å². The van der Waals surface area contributed by atoms with Crippen LogP contribution in [0.1, 0.15) is 44.7 Å². The Labute approximate surface area is 176 Å². The Hall–Kier alpha value is -0.984. The van der Waals surface area contributed by atoms with E-state index in [1.807, 2.05) is 12.1 Å². The summed E-state index contributed by atoms with van der Waals surface area (Å²) >= 11 is 0. The summed E-state index contributed by atoms with van der Waals surface area (Å²) in [6, 6.07) is 8.78. The molecule has 0 fully saturated rings. The number of aromatic carboxylic acids is 1. The number of carboxylic acids is 1. The van der Waals surface area contributed by atoms with E-state index in [-0.39, 0.29) is 62.7 Å². The van der Waals surface area contributed by atoms with Crippen LogP contribution in [0.2, 0.25) is 0 Å². The summed E-state index contributed by atoms with van der Waals surface area (Å²) in [5.41, 5.74) is 4.69. The molecule has 23 heavy (non-hydrogen) atoms. The van der Waals surface area contributed by atoms with Gasteiger partial charge in [0, 0.05) is 17.5 Å². The quantitative estimate of drug-likeness (QED) is 0.637. The van der Waals surface area contributed by atoms with E-state index in [9.17, 15) is 14.7 Å². The van der Waals surface area contributed by atoms with Crippen LogP contribution in [0.4, 0.5) is 0 Å². The van der Waals surface area contributed by atoms with Gasteiger partial charge in [-0.15, -0.1) is 0 Å². The van der Waals surface area contributed by atoms with Crippen LogP contribution in [0.3, 0.4) is 0 Å². The molecule has 1 aliphatic carbocycles. The number of carbonyl (C=O) groups excluding carboxylic acids is 2. The second-order valence-electron chi connectivity index (χ2n) is 5.73. The smallest absolute Gasteiger partial charge is 0.545 e. The number of carboxylic acid groups (broad SMARTS) is 1. The van der Waals surface area contributed by atoms with Crippen LogP contribution in [0.15, 0.2) is 30.3 Å². The molecular formula is C18H13KO4. The summed E-state index contributed by atoms with van der Waals surface area (Å²) in [4.78, 5) is 23.0. The normalized spacial score (nSPS) is 14.7. The van der Waals surface area contributed by atoms with E-state index >= 15 is 0 Å².